The van der Waals surface area contributed by atoms with Gasteiger partial charge in [0.05, 0.1) is 18.5 Å². The zero-order valence-electron chi connectivity index (χ0n) is 11.4. The number of nitrogens with one attached hydrogen (secondary N) is 1. The molecule has 2 aromatic rings. The summed E-state index contributed by atoms with van der Waals surface area (Å²) in [5, 5.41) is 3.38. The molecular weight excluding hydrogens is 238 g/mol. The first-order valence-corrected chi connectivity index (χ1v) is 6.74. The molecule has 0 fully saturated rings. The van der Waals surface area contributed by atoms with E-state index in [0.717, 1.165) is 44.2 Å². The van der Waals surface area contributed by atoms with Crippen molar-refractivity contribution in [2.75, 3.05) is 19.6 Å². The zero-order valence-corrected chi connectivity index (χ0v) is 11.4. The molecule has 0 aliphatic rings. The van der Waals surface area contributed by atoms with Gasteiger partial charge in [-0.25, -0.2) is 0 Å². The molecule has 102 valence electrons. The monoisotopic (exact) mass is 259 g/mol. The Morgan fingerprint density at radius 2 is 2.21 bits per heavy atom. The molecule has 0 spiro atoms. The van der Waals surface area contributed by atoms with Gasteiger partial charge in [0.25, 0.3) is 0 Å². The molecule has 4 heteroatoms. The van der Waals surface area contributed by atoms with Crippen LogP contribution in [0.2, 0.25) is 0 Å². The second-order valence-corrected chi connectivity index (χ2v) is 4.45. The lowest BCUT2D eigenvalue weighted by Gasteiger charge is -2.19. The molecule has 0 atom stereocenters. The molecule has 0 saturated carbocycles. The first-order chi connectivity index (χ1) is 9.38. The Labute approximate surface area is 114 Å². The van der Waals surface area contributed by atoms with Gasteiger partial charge < -0.3 is 9.73 Å². The summed E-state index contributed by atoms with van der Waals surface area (Å²) in [7, 11) is 0. The number of hydrogen-bond donors (Lipinski definition) is 1. The normalized spacial score (nSPS) is 11.1. The minimum Gasteiger partial charge on any atom is -0.468 e. The number of aromatic nitrogens is 1. The summed E-state index contributed by atoms with van der Waals surface area (Å²) < 4.78 is 5.28. The van der Waals surface area contributed by atoms with Crippen LogP contribution in [0.5, 0.6) is 0 Å². The highest BCUT2D eigenvalue weighted by Gasteiger charge is 2.04. The third kappa shape index (κ3) is 4.85. The standard InChI is InChI=1S/C15H21N3O/c1-2-18(13-14-6-3-4-8-17-14)10-9-16-12-15-7-5-11-19-15/h3-8,11,16H,2,9-10,12-13H2,1H3. The van der Waals surface area contributed by atoms with Crippen LogP contribution in [-0.4, -0.2) is 29.5 Å². The van der Waals surface area contributed by atoms with Gasteiger partial charge in [-0.2, -0.15) is 0 Å². The molecule has 2 rings (SSSR count). The Kier molecular flexibility index (Phi) is 5.59. The van der Waals surface area contributed by atoms with Crippen LogP contribution >= 0.6 is 0 Å². The predicted octanol–water partition coefficient (Wildman–Crippen LogP) is 2.29. The average Bonchev–Trinajstić information content (AvgIpc) is 2.96. The van der Waals surface area contributed by atoms with Gasteiger partial charge in [0.1, 0.15) is 5.76 Å². The van der Waals surface area contributed by atoms with E-state index >= 15 is 0 Å². The number of rotatable bonds is 8. The van der Waals surface area contributed by atoms with E-state index in [1.54, 1.807) is 6.26 Å². The smallest absolute Gasteiger partial charge is 0.117 e. The molecule has 0 saturated heterocycles. The number of nitrogens with zero attached hydrogens (tertiary/aromatic N) is 2. The molecule has 0 unspecified atom stereocenters. The Morgan fingerprint density at radius 1 is 1.26 bits per heavy atom. The summed E-state index contributed by atoms with van der Waals surface area (Å²) in [5.74, 6) is 0.979. The molecule has 2 aromatic heterocycles. The largest absolute Gasteiger partial charge is 0.468 e. The quantitative estimate of drug-likeness (QED) is 0.739. The molecule has 0 bridgehead atoms. The summed E-state index contributed by atoms with van der Waals surface area (Å²) in [4.78, 5) is 6.73. The number of hydrogen-bond acceptors (Lipinski definition) is 4. The van der Waals surface area contributed by atoms with Gasteiger partial charge >= 0.3 is 0 Å². The summed E-state index contributed by atoms with van der Waals surface area (Å²) in [6.07, 6.45) is 3.55. The van der Waals surface area contributed by atoms with Gasteiger partial charge in [-0.05, 0) is 30.8 Å². The Morgan fingerprint density at radius 3 is 2.89 bits per heavy atom. The highest BCUT2D eigenvalue weighted by molar-refractivity contribution is 5.03. The summed E-state index contributed by atoms with van der Waals surface area (Å²) in [6.45, 7) is 6.84. The minimum atomic E-state index is 0.786. The molecular formula is C15H21N3O. The van der Waals surface area contributed by atoms with Crippen LogP contribution in [0.4, 0.5) is 0 Å². The van der Waals surface area contributed by atoms with E-state index in [4.69, 9.17) is 4.42 Å². The van der Waals surface area contributed by atoms with Crippen molar-refractivity contribution in [3.8, 4) is 0 Å². The molecule has 0 aromatic carbocycles. The van der Waals surface area contributed by atoms with Crippen LogP contribution < -0.4 is 5.32 Å². The lowest BCUT2D eigenvalue weighted by atomic mass is 10.3. The zero-order chi connectivity index (χ0) is 13.3. The van der Waals surface area contributed by atoms with E-state index in [-0.39, 0.29) is 0 Å². The van der Waals surface area contributed by atoms with Gasteiger partial charge in [-0.1, -0.05) is 13.0 Å². The van der Waals surface area contributed by atoms with Crippen LogP contribution in [0.3, 0.4) is 0 Å². The Balaban J connectivity index is 1.68. The van der Waals surface area contributed by atoms with Gasteiger partial charge in [0.2, 0.25) is 0 Å². The first kappa shape index (κ1) is 13.8. The third-order valence-corrected chi connectivity index (χ3v) is 3.04. The van der Waals surface area contributed by atoms with Gasteiger partial charge in [0, 0.05) is 25.8 Å². The summed E-state index contributed by atoms with van der Waals surface area (Å²) in [6, 6.07) is 9.95. The Hall–Kier alpha value is -1.65. The predicted molar refractivity (Wildman–Crippen MR) is 75.6 cm³/mol. The SMILES string of the molecule is CCN(CCNCc1ccco1)Cc1ccccn1. The second kappa shape index (κ2) is 7.71. The lowest BCUT2D eigenvalue weighted by molar-refractivity contribution is 0.274. The van der Waals surface area contributed by atoms with Crippen molar-refractivity contribution in [2.24, 2.45) is 0 Å². The summed E-state index contributed by atoms with van der Waals surface area (Å²) >= 11 is 0. The highest BCUT2D eigenvalue weighted by atomic mass is 16.3. The fourth-order valence-electron chi connectivity index (χ4n) is 1.93. The van der Waals surface area contributed by atoms with Crippen LogP contribution in [-0.2, 0) is 13.1 Å². The van der Waals surface area contributed by atoms with E-state index in [0.29, 0.717) is 0 Å². The lowest BCUT2D eigenvalue weighted by Crippen LogP contribution is -2.31. The van der Waals surface area contributed by atoms with Crippen molar-refractivity contribution in [2.45, 2.75) is 20.0 Å². The fourth-order valence-corrected chi connectivity index (χ4v) is 1.93. The average molecular weight is 259 g/mol. The first-order valence-electron chi connectivity index (χ1n) is 6.74. The van der Waals surface area contributed by atoms with Crippen molar-refractivity contribution in [1.82, 2.24) is 15.2 Å². The molecule has 1 N–H and O–H groups in total. The van der Waals surface area contributed by atoms with E-state index < -0.39 is 0 Å². The molecule has 0 amide bonds. The molecule has 0 aliphatic heterocycles. The maximum absolute atomic E-state index is 5.28. The van der Waals surface area contributed by atoms with Crippen LogP contribution in [0.1, 0.15) is 18.4 Å². The molecule has 2 heterocycles. The van der Waals surface area contributed by atoms with Crippen molar-refractivity contribution >= 4 is 0 Å². The number of furan rings is 1. The van der Waals surface area contributed by atoms with Gasteiger partial charge in [-0.3, -0.25) is 9.88 Å². The van der Waals surface area contributed by atoms with E-state index in [1.807, 2.05) is 30.5 Å². The number of pyridine rings is 1. The van der Waals surface area contributed by atoms with Crippen molar-refractivity contribution in [1.29, 1.82) is 0 Å². The number of likely N-dealkylation sites (N-methyl/N-ethyl adjacent to an activating group) is 1. The maximum Gasteiger partial charge on any atom is 0.117 e. The third-order valence-electron chi connectivity index (χ3n) is 3.04. The topological polar surface area (TPSA) is 41.3 Å². The fraction of sp³-hybridized carbons (Fsp3) is 0.400. The van der Waals surface area contributed by atoms with Crippen molar-refractivity contribution in [3.05, 3.63) is 54.2 Å². The van der Waals surface area contributed by atoms with Crippen molar-refractivity contribution in [3.63, 3.8) is 0 Å². The maximum atomic E-state index is 5.28. The molecule has 19 heavy (non-hydrogen) atoms. The van der Waals surface area contributed by atoms with E-state index in [9.17, 15) is 0 Å². The van der Waals surface area contributed by atoms with Crippen LogP contribution in [0.15, 0.2) is 47.2 Å². The van der Waals surface area contributed by atoms with Crippen molar-refractivity contribution < 1.29 is 4.42 Å². The van der Waals surface area contributed by atoms with Gasteiger partial charge in [0.15, 0.2) is 0 Å². The van der Waals surface area contributed by atoms with Crippen LogP contribution in [0.25, 0.3) is 0 Å². The summed E-state index contributed by atoms with van der Waals surface area (Å²) in [5.41, 5.74) is 1.12. The van der Waals surface area contributed by atoms with E-state index in [1.165, 1.54) is 0 Å². The van der Waals surface area contributed by atoms with Crippen LogP contribution in [0, 0.1) is 0 Å². The molecule has 4 nitrogen and oxygen atoms in total. The minimum absolute atomic E-state index is 0.786. The Bertz CT molecular complexity index is 442. The second-order valence-electron chi connectivity index (χ2n) is 4.45. The molecule has 0 radical (unpaired) electrons. The van der Waals surface area contributed by atoms with E-state index in [2.05, 4.69) is 28.2 Å². The highest BCUT2D eigenvalue weighted by Crippen LogP contribution is 2.01. The molecule has 0 aliphatic carbocycles. The van der Waals surface area contributed by atoms with Gasteiger partial charge in [-0.15, -0.1) is 0 Å².